The zero-order valence-electron chi connectivity index (χ0n) is 11.9. The van der Waals surface area contributed by atoms with E-state index in [2.05, 4.69) is 15.0 Å². The molecule has 0 aromatic carbocycles. The second-order valence-electron chi connectivity index (χ2n) is 5.88. The van der Waals surface area contributed by atoms with Crippen LogP contribution < -0.4 is 0 Å². The van der Waals surface area contributed by atoms with E-state index in [1.165, 1.54) is 19.3 Å². The quantitative estimate of drug-likeness (QED) is 0.821. The van der Waals surface area contributed by atoms with E-state index in [1.807, 2.05) is 17.5 Å². The molecule has 2 fully saturated rings. The Labute approximate surface area is 127 Å². The molecule has 3 heterocycles. The summed E-state index contributed by atoms with van der Waals surface area (Å²) in [5, 5.41) is 6.13. The first-order valence-corrected chi connectivity index (χ1v) is 8.45. The van der Waals surface area contributed by atoms with Crippen molar-refractivity contribution in [2.24, 2.45) is 5.92 Å². The molecule has 2 aliphatic rings. The van der Waals surface area contributed by atoms with Gasteiger partial charge in [-0.25, -0.2) is 0 Å². The van der Waals surface area contributed by atoms with E-state index in [0.29, 0.717) is 17.8 Å². The van der Waals surface area contributed by atoms with Crippen molar-refractivity contribution >= 4 is 11.3 Å². The van der Waals surface area contributed by atoms with Crippen molar-refractivity contribution in [3.05, 3.63) is 23.4 Å². The highest BCUT2D eigenvalue weighted by Gasteiger charge is 2.32. The van der Waals surface area contributed by atoms with E-state index < -0.39 is 0 Å². The van der Waals surface area contributed by atoms with E-state index >= 15 is 0 Å². The van der Waals surface area contributed by atoms with E-state index in [4.69, 9.17) is 9.26 Å². The van der Waals surface area contributed by atoms with Crippen molar-refractivity contribution in [2.75, 3.05) is 19.8 Å². The minimum absolute atomic E-state index is 0.658. The summed E-state index contributed by atoms with van der Waals surface area (Å²) in [6.07, 6.45) is 3.76. The Bertz CT molecular complexity index is 574. The SMILES string of the molecule is c1csc(-c2noc(CN(C[C@H]3CCOC3)C3CC3)n2)c1. The average Bonchev–Trinajstić information content (AvgIpc) is 2.93. The van der Waals surface area contributed by atoms with Gasteiger partial charge in [0.05, 0.1) is 18.0 Å². The Kier molecular flexibility index (Phi) is 3.75. The molecule has 0 N–H and O–H groups in total. The monoisotopic (exact) mass is 305 g/mol. The predicted octanol–water partition coefficient (Wildman–Crippen LogP) is 2.80. The molecule has 0 unspecified atom stereocenters. The summed E-state index contributed by atoms with van der Waals surface area (Å²) >= 11 is 1.64. The zero-order chi connectivity index (χ0) is 14.1. The summed E-state index contributed by atoms with van der Waals surface area (Å²) in [4.78, 5) is 8.09. The molecule has 2 aromatic rings. The van der Waals surface area contributed by atoms with Crippen LogP contribution in [0.3, 0.4) is 0 Å². The summed E-state index contributed by atoms with van der Waals surface area (Å²) in [6, 6.07) is 4.73. The van der Waals surface area contributed by atoms with Gasteiger partial charge in [0.2, 0.25) is 11.7 Å². The van der Waals surface area contributed by atoms with Crippen LogP contribution in [0, 0.1) is 5.92 Å². The van der Waals surface area contributed by atoms with Gasteiger partial charge in [0, 0.05) is 19.2 Å². The van der Waals surface area contributed by atoms with Gasteiger partial charge >= 0.3 is 0 Å². The Morgan fingerprint density at radius 1 is 1.33 bits per heavy atom. The highest BCUT2D eigenvalue weighted by Crippen LogP contribution is 2.30. The van der Waals surface area contributed by atoms with Crippen molar-refractivity contribution in [3.63, 3.8) is 0 Å². The van der Waals surface area contributed by atoms with Crippen LogP contribution in [0.15, 0.2) is 22.0 Å². The fourth-order valence-electron chi connectivity index (χ4n) is 2.84. The van der Waals surface area contributed by atoms with Crippen LogP contribution in [0.2, 0.25) is 0 Å². The number of rotatable bonds is 6. The van der Waals surface area contributed by atoms with Crippen molar-refractivity contribution < 1.29 is 9.26 Å². The van der Waals surface area contributed by atoms with Gasteiger partial charge in [-0.1, -0.05) is 11.2 Å². The fraction of sp³-hybridized carbons (Fsp3) is 0.600. The number of hydrogen-bond acceptors (Lipinski definition) is 6. The number of ether oxygens (including phenoxy) is 1. The summed E-state index contributed by atoms with van der Waals surface area (Å²) in [7, 11) is 0. The molecule has 21 heavy (non-hydrogen) atoms. The first kappa shape index (κ1) is 13.4. The lowest BCUT2D eigenvalue weighted by atomic mass is 10.1. The molecule has 0 bridgehead atoms. The fourth-order valence-corrected chi connectivity index (χ4v) is 3.49. The molecule has 0 amide bonds. The molecule has 2 aromatic heterocycles. The van der Waals surface area contributed by atoms with Gasteiger partial charge in [0.25, 0.3) is 0 Å². The minimum Gasteiger partial charge on any atom is -0.381 e. The van der Waals surface area contributed by atoms with Crippen molar-refractivity contribution in [2.45, 2.75) is 31.8 Å². The Morgan fingerprint density at radius 3 is 3.00 bits per heavy atom. The molecule has 1 saturated carbocycles. The molecule has 1 saturated heterocycles. The highest BCUT2D eigenvalue weighted by molar-refractivity contribution is 7.13. The molecule has 0 spiro atoms. The van der Waals surface area contributed by atoms with Gasteiger partial charge in [0.1, 0.15) is 0 Å². The lowest BCUT2D eigenvalue weighted by Crippen LogP contribution is -2.31. The number of aromatic nitrogens is 2. The molecule has 5 nitrogen and oxygen atoms in total. The number of nitrogens with zero attached hydrogens (tertiary/aromatic N) is 3. The van der Waals surface area contributed by atoms with Crippen LogP contribution in [0.5, 0.6) is 0 Å². The Balaban J connectivity index is 1.43. The molecule has 6 heteroatoms. The Hall–Kier alpha value is -1.24. The topological polar surface area (TPSA) is 51.4 Å². The third-order valence-corrected chi connectivity index (χ3v) is 4.99. The molecule has 0 radical (unpaired) electrons. The second kappa shape index (κ2) is 5.87. The summed E-state index contributed by atoms with van der Waals surface area (Å²) in [6.45, 7) is 3.65. The predicted molar refractivity (Wildman–Crippen MR) is 80.0 cm³/mol. The summed E-state index contributed by atoms with van der Waals surface area (Å²) < 4.78 is 10.9. The highest BCUT2D eigenvalue weighted by atomic mass is 32.1. The van der Waals surface area contributed by atoms with Crippen LogP contribution in [0.25, 0.3) is 10.7 Å². The van der Waals surface area contributed by atoms with Crippen LogP contribution >= 0.6 is 11.3 Å². The standard InChI is InChI=1S/C15H19N3O2S/c1-2-13(21-7-1)15-16-14(20-17-15)9-18(12-3-4-12)8-11-5-6-19-10-11/h1-2,7,11-12H,3-6,8-10H2/t11-/m1/s1. The maximum Gasteiger partial charge on any atom is 0.241 e. The molecule has 1 aliphatic heterocycles. The largest absolute Gasteiger partial charge is 0.381 e. The first-order chi connectivity index (χ1) is 10.4. The van der Waals surface area contributed by atoms with Gasteiger partial charge in [0.15, 0.2) is 0 Å². The van der Waals surface area contributed by atoms with E-state index in [-0.39, 0.29) is 0 Å². The van der Waals surface area contributed by atoms with Crippen molar-refractivity contribution in [1.82, 2.24) is 15.0 Å². The van der Waals surface area contributed by atoms with Crippen LogP contribution in [-0.4, -0.2) is 40.8 Å². The summed E-state index contributed by atoms with van der Waals surface area (Å²) in [5.41, 5.74) is 0. The smallest absolute Gasteiger partial charge is 0.241 e. The number of thiophene rings is 1. The molecule has 112 valence electrons. The maximum atomic E-state index is 5.48. The number of hydrogen-bond donors (Lipinski definition) is 0. The third kappa shape index (κ3) is 3.17. The maximum absolute atomic E-state index is 5.48. The van der Waals surface area contributed by atoms with Gasteiger partial charge in [-0.05, 0) is 36.6 Å². The minimum atomic E-state index is 0.658. The first-order valence-electron chi connectivity index (χ1n) is 7.57. The van der Waals surface area contributed by atoms with Gasteiger partial charge in [-0.15, -0.1) is 11.3 Å². The molecular formula is C15H19N3O2S. The van der Waals surface area contributed by atoms with E-state index in [0.717, 1.165) is 37.1 Å². The lowest BCUT2D eigenvalue weighted by Gasteiger charge is -2.22. The molecule has 1 aliphatic carbocycles. The zero-order valence-corrected chi connectivity index (χ0v) is 12.7. The Morgan fingerprint density at radius 2 is 2.29 bits per heavy atom. The van der Waals surface area contributed by atoms with Crippen LogP contribution in [0.4, 0.5) is 0 Å². The van der Waals surface area contributed by atoms with E-state index in [1.54, 1.807) is 11.3 Å². The van der Waals surface area contributed by atoms with Crippen LogP contribution in [-0.2, 0) is 11.3 Å². The summed E-state index contributed by atoms with van der Waals surface area (Å²) in [5.74, 6) is 2.09. The third-order valence-electron chi connectivity index (χ3n) is 4.13. The molecular weight excluding hydrogens is 286 g/mol. The van der Waals surface area contributed by atoms with Gasteiger partial charge in [-0.3, -0.25) is 4.90 Å². The lowest BCUT2D eigenvalue weighted by molar-refractivity contribution is 0.153. The normalized spacial score (nSPS) is 22.2. The van der Waals surface area contributed by atoms with Crippen molar-refractivity contribution in [1.29, 1.82) is 0 Å². The molecule has 4 rings (SSSR count). The van der Waals surface area contributed by atoms with Gasteiger partial charge in [-0.2, -0.15) is 4.98 Å². The van der Waals surface area contributed by atoms with Crippen LogP contribution in [0.1, 0.15) is 25.2 Å². The average molecular weight is 305 g/mol. The van der Waals surface area contributed by atoms with E-state index in [9.17, 15) is 0 Å². The van der Waals surface area contributed by atoms with Crippen molar-refractivity contribution in [3.8, 4) is 10.7 Å². The second-order valence-corrected chi connectivity index (χ2v) is 6.83. The van der Waals surface area contributed by atoms with Gasteiger partial charge < -0.3 is 9.26 Å². The molecule has 1 atom stereocenters.